The number of rotatable bonds is 6. The maximum absolute atomic E-state index is 15.2. The Morgan fingerprint density at radius 2 is 1.69 bits per heavy atom. The number of aryl methyl sites for hydroxylation is 2. The van der Waals surface area contributed by atoms with Crippen LogP contribution in [0.1, 0.15) is 52.6 Å². The molecule has 0 spiro atoms. The van der Waals surface area contributed by atoms with E-state index in [1.54, 1.807) is 43.3 Å². The molecule has 3 saturated heterocycles. The van der Waals surface area contributed by atoms with Crippen LogP contribution in [-0.2, 0) is 14.3 Å². The molecule has 220 valence electrons. The van der Waals surface area contributed by atoms with Gasteiger partial charge in [-0.25, -0.2) is 14.4 Å². The van der Waals surface area contributed by atoms with Gasteiger partial charge in [0.2, 0.25) is 5.91 Å². The minimum Gasteiger partial charge on any atom is -0.382 e. The van der Waals surface area contributed by atoms with Gasteiger partial charge in [0.15, 0.2) is 0 Å². The average Bonchev–Trinajstić information content (AvgIpc) is 3.47. The van der Waals surface area contributed by atoms with Crippen LogP contribution < -0.4 is 10.6 Å². The van der Waals surface area contributed by atoms with Crippen LogP contribution in [0.5, 0.6) is 0 Å². The summed E-state index contributed by atoms with van der Waals surface area (Å²) in [5.74, 6) is -1.33. The topological polar surface area (TPSA) is 106 Å². The molecule has 6 rings (SSSR count). The molecule has 4 atom stereocenters. The van der Waals surface area contributed by atoms with Crippen molar-refractivity contribution < 1.29 is 23.5 Å². The first-order valence-corrected chi connectivity index (χ1v) is 14.6. The molecule has 2 aromatic carbocycles. The van der Waals surface area contributed by atoms with Crippen LogP contribution in [0.25, 0.3) is 0 Å². The second-order valence-electron chi connectivity index (χ2n) is 11.5. The zero-order valence-corrected chi connectivity index (χ0v) is 23.9. The number of nitrogens with zero attached hydrogens (tertiary/aromatic N) is 3. The Morgan fingerprint density at radius 3 is 2.40 bits per heavy atom. The number of benzene rings is 2. The summed E-state index contributed by atoms with van der Waals surface area (Å²) >= 11 is 0. The van der Waals surface area contributed by atoms with Gasteiger partial charge in [-0.3, -0.25) is 9.59 Å². The van der Waals surface area contributed by atoms with E-state index >= 15 is 4.39 Å². The summed E-state index contributed by atoms with van der Waals surface area (Å²) in [5.41, 5.74) is 2.82. The molecule has 10 heteroatoms. The molecule has 0 bridgehead atoms. The highest BCUT2D eigenvalue weighted by atomic mass is 19.1. The van der Waals surface area contributed by atoms with Crippen LogP contribution in [0.2, 0.25) is 0 Å². The number of fused-ring (bicyclic) bond motifs is 1. The fourth-order valence-corrected chi connectivity index (χ4v) is 6.47. The van der Waals surface area contributed by atoms with E-state index in [4.69, 9.17) is 9.47 Å². The second-order valence-corrected chi connectivity index (χ2v) is 11.5. The Kier molecular flexibility index (Phi) is 8.17. The second kappa shape index (κ2) is 12.1. The van der Waals surface area contributed by atoms with E-state index in [0.717, 1.165) is 37.3 Å². The number of piperidine rings is 1. The number of carbonyl (C=O) groups excluding carboxylic acids is 2. The third-order valence-corrected chi connectivity index (χ3v) is 8.66. The molecule has 3 aliphatic heterocycles. The maximum Gasteiger partial charge on any atom is 0.257 e. The van der Waals surface area contributed by atoms with Crippen molar-refractivity contribution >= 4 is 23.2 Å². The molecule has 0 saturated carbocycles. The first-order valence-electron chi connectivity index (χ1n) is 14.6. The summed E-state index contributed by atoms with van der Waals surface area (Å²) in [5, 5.41) is 6.54. The van der Waals surface area contributed by atoms with Gasteiger partial charge in [-0.1, -0.05) is 24.3 Å². The van der Waals surface area contributed by atoms with Crippen molar-refractivity contribution in [2.24, 2.45) is 11.8 Å². The highest BCUT2D eigenvalue weighted by molar-refractivity contribution is 5.98. The SMILES string of the molecule is Cc1ncc(NC(=O)[C@H]2C[C@H]3COC[C@H]3N(C(=O)c3c(C)cccc3F)C2c2ccc(NC3CCOCC3)cc2)cn1. The Morgan fingerprint density at radius 1 is 0.952 bits per heavy atom. The number of carbonyl (C=O) groups is 2. The lowest BCUT2D eigenvalue weighted by Crippen LogP contribution is -2.55. The molecule has 1 unspecified atom stereocenters. The van der Waals surface area contributed by atoms with Gasteiger partial charge in [0.1, 0.15) is 11.6 Å². The number of ether oxygens (including phenoxy) is 2. The maximum atomic E-state index is 15.2. The largest absolute Gasteiger partial charge is 0.382 e. The van der Waals surface area contributed by atoms with Crippen molar-refractivity contribution in [1.29, 1.82) is 0 Å². The Hall–Kier alpha value is -3.89. The van der Waals surface area contributed by atoms with Crippen LogP contribution in [0.3, 0.4) is 0 Å². The van der Waals surface area contributed by atoms with Gasteiger partial charge in [-0.15, -0.1) is 0 Å². The van der Waals surface area contributed by atoms with E-state index in [9.17, 15) is 9.59 Å². The van der Waals surface area contributed by atoms with Crippen molar-refractivity contribution in [3.63, 3.8) is 0 Å². The molecule has 3 fully saturated rings. The zero-order chi connectivity index (χ0) is 29.2. The van der Waals surface area contributed by atoms with Gasteiger partial charge in [-0.2, -0.15) is 0 Å². The van der Waals surface area contributed by atoms with E-state index in [0.29, 0.717) is 42.8 Å². The van der Waals surface area contributed by atoms with Gasteiger partial charge in [0.05, 0.1) is 54.9 Å². The number of hydrogen-bond donors (Lipinski definition) is 2. The Labute approximate surface area is 244 Å². The molecule has 4 heterocycles. The third kappa shape index (κ3) is 5.73. The smallest absolute Gasteiger partial charge is 0.257 e. The first kappa shape index (κ1) is 28.2. The highest BCUT2D eigenvalue weighted by Gasteiger charge is 2.51. The lowest BCUT2D eigenvalue weighted by atomic mass is 9.76. The van der Waals surface area contributed by atoms with Crippen LogP contribution >= 0.6 is 0 Å². The van der Waals surface area contributed by atoms with Crippen molar-refractivity contribution in [2.75, 3.05) is 37.1 Å². The minimum absolute atomic E-state index is 0.0268. The molecule has 1 aromatic heterocycles. The standard InChI is InChI=1S/C32H36FN5O4/c1-19-4-3-5-27(33)29(19)32(40)38-28-18-42-17-22(28)14-26(31(39)37-25-15-34-20(2)35-16-25)30(38)21-6-8-23(9-7-21)36-24-10-12-41-13-11-24/h3-9,15-16,22,24,26,28,30,36H,10-14,17-18H2,1-2H3,(H,37,39)/t22-,26-,28+,30?/m0/s1. The van der Waals surface area contributed by atoms with E-state index in [1.165, 1.54) is 6.07 Å². The number of amides is 2. The third-order valence-electron chi connectivity index (χ3n) is 8.66. The molecule has 3 aliphatic rings. The van der Waals surface area contributed by atoms with Gasteiger partial charge < -0.3 is 25.0 Å². The monoisotopic (exact) mass is 573 g/mol. The van der Waals surface area contributed by atoms with E-state index in [1.807, 2.05) is 24.3 Å². The quantitative estimate of drug-likeness (QED) is 0.441. The van der Waals surface area contributed by atoms with Gasteiger partial charge >= 0.3 is 0 Å². The van der Waals surface area contributed by atoms with Gasteiger partial charge in [0.25, 0.3) is 5.91 Å². The first-order chi connectivity index (χ1) is 20.4. The number of likely N-dealkylation sites (tertiary alicyclic amines) is 1. The normalized spacial score (nSPS) is 24.2. The number of aromatic nitrogens is 2. The predicted molar refractivity (Wildman–Crippen MR) is 156 cm³/mol. The predicted octanol–water partition coefficient (Wildman–Crippen LogP) is 4.68. The zero-order valence-electron chi connectivity index (χ0n) is 23.9. The molecule has 0 aliphatic carbocycles. The number of anilines is 2. The summed E-state index contributed by atoms with van der Waals surface area (Å²) in [6, 6.07) is 11.9. The molecular weight excluding hydrogens is 537 g/mol. The molecule has 9 nitrogen and oxygen atoms in total. The van der Waals surface area contributed by atoms with Crippen molar-refractivity contribution in [1.82, 2.24) is 14.9 Å². The molecule has 42 heavy (non-hydrogen) atoms. The van der Waals surface area contributed by atoms with E-state index in [2.05, 4.69) is 20.6 Å². The number of nitrogens with one attached hydrogen (secondary N) is 2. The van der Waals surface area contributed by atoms with Crippen LogP contribution in [-0.4, -0.2) is 65.2 Å². The van der Waals surface area contributed by atoms with Crippen LogP contribution in [0.4, 0.5) is 15.8 Å². The minimum atomic E-state index is -0.636. The van der Waals surface area contributed by atoms with Crippen molar-refractivity contribution in [3.05, 3.63) is 83.2 Å². The summed E-state index contributed by atoms with van der Waals surface area (Å²) in [6.07, 6.45) is 5.53. The molecule has 2 N–H and O–H groups in total. The molecular formula is C32H36FN5O4. The highest BCUT2D eigenvalue weighted by Crippen LogP contribution is 2.45. The molecule has 2 amide bonds. The van der Waals surface area contributed by atoms with Crippen LogP contribution in [0.15, 0.2) is 54.9 Å². The summed E-state index contributed by atoms with van der Waals surface area (Å²) in [4.78, 5) is 38.4. The lowest BCUT2D eigenvalue weighted by molar-refractivity contribution is -0.124. The van der Waals surface area contributed by atoms with Crippen LogP contribution in [0, 0.1) is 31.5 Å². The molecule has 3 aromatic rings. The fourth-order valence-electron chi connectivity index (χ4n) is 6.47. The van der Waals surface area contributed by atoms with Crippen molar-refractivity contribution in [2.45, 2.75) is 51.2 Å². The Bertz CT molecular complexity index is 1410. The van der Waals surface area contributed by atoms with Crippen molar-refractivity contribution in [3.8, 4) is 0 Å². The summed E-state index contributed by atoms with van der Waals surface area (Å²) in [6.45, 7) is 5.75. The van der Waals surface area contributed by atoms with E-state index < -0.39 is 23.7 Å². The number of hydrogen-bond acceptors (Lipinski definition) is 7. The number of halogens is 1. The van der Waals surface area contributed by atoms with E-state index in [-0.39, 0.29) is 23.4 Å². The summed E-state index contributed by atoms with van der Waals surface area (Å²) in [7, 11) is 0. The summed E-state index contributed by atoms with van der Waals surface area (Å²) < 4.78 is 26.5. The molecule has 0 radical (unpaired) electrons. The lowest BCUT2D eigenvalue weighted by Gasteiger charge is -2.47. The fraction of sp³-hybridized carbons (Fsp3) is 0.438. The Balaban J connectivity index is 1.38. The average molecular weight is 574 g/mol. The van der Waals surface area contributed by atoms with Gasteiger partial charge in [0, 0.05) is 30.9 Å². The van der Waals surface area contributed by atoms with Gasteiger partial charge in [-0.05, 0) is 62.4 Å².